The lowest BCUT2D eigenvalue weighted by atomic mass is 11.0. The van der Waals surface area contributed by atoms with Crippen molar-refractivity contribution in [2.75, 3.05) is 13.3 Å². The Labute approximate surface area is 46.2 Å². The molecule has 2 aliphatic rings. The molecule has 0 bridgehead atoms. The largest absolute Gasteiger partial charge is 0.351 e. The first kappa shape index (κ1) is 4.11. The van der Waals surface area contributed by atoms with Crippen molar-refractivity contribution in [3.63, 3.8) is 0 Å². The van der Waals surface area contributed by atoms with E-state index in [0.29, 0.717) is 13.3 Å². The fourth-order valence-corrected chi connectivity index (χ4v) is 0.487. The highest BCUT2D eigenvalue weighted by Crippen LogP contribution is 2.04. The van der Waals surface area contributed by atoms with Crippen molar-refractivity contribution in [2.24, 2.45) is 0 Å². The number of carbonyl (C=O) groups is 1. The number of nitrogens with one attached hydrogen (secondary N) is 2. The van der Waals surface area contributed by atoms with Gasteiger partial charge in [0.2, 0.25) is 0 Å². The molecule has 2 aliphatic heterocycles. The maximum absolute atomic E-state index is 10.7. The molecule has 0 unspecified atom stereocenters. The van der Waals surface area contributed by atoms with Crippen LogP contribution >= 0.6 is 0 Å². The van der Waals surface area contributed by atoms with Gasteiger partial charge in [0.25, 0.3) is 0 Å². The Balaban J connectivity index is 1.93. The molecule has 44 valence electrons. The van der Waals surface area contributed by atoms with Crippen LogP contribution in [0.25, 0.3) is 0 Å². The second-order valence-corrected chi connectivity index (χ2v) is 1.77. The number of hydrogen-bond donors (Lipinski definition) is 2. The van der Waals surface area contributed by atoms with Gasteiger partial charge in [-0.2, -0.15) is 0 Å². The highest BCUT2D eigenvalue weighted by atomic mass is 16.2. The fourth-order valence-electron chi connectivity index (χ4n) is 0.487. The van der Waals surface area contributed by atoms with E-state index in [1.54, 1.807) is 0 Å². The standard InChI is InChI=1S/C3H6N4O/c8-3(6-1-4-6)7-2-5-7/h4-5H,1-2H2. The SMILES string of the molecule is O=C(N1CN1)N1CN1. The normalized spacial score (nSPS) is 23.5. The smallest absolute Gasteiger partial charge is 0.245 e. The van der Waals surface area contributed by atoms with E-state index in [4.69, 9.17) is 0 Å². The number of urea groups is 1. The van der Waals surface area contributed by atoms with Crippen molar-refractivity contribution in [2.45, 2.75) is 0 Å². The van der Waals surface area contributed by atoms with Gasteiger partial charge >= 0.3 is 6.03 Å². The van der Waals surface area contributed by atoms with E-state index in [9.17, 15) is 4.79 Å². The van der Waals surface area contributed by atoms with Gasteiger partial charge in [-0.3, -0.25) is 0 Å². The summed E-state index contributed by atoms with van der Waals surface area (Å²) < 4.78 is 0. The average Bonchev–Trinajstić information content (AvgIpc) is 2.63. The van der Waals surface area contributed by atoms with Crippen molar-refractivity contribution in [3.05, 3.63) is 0 Å². The summed E-state index contributed by atoms with van der Waals surface area (Å²) in [6.45, 7) is 1.38. The lowest BCUT2D eigenvalue weighted by Gasteiger charge is -1.94. The van der Waals surface area contributed by atoms with Crippen LogP contribution in [-0.4, -0.2) is 29.4 Å². The third-order valence-electron chi connectivity index (χ3n) is 1.09. The van der Waals surface area contributed by atoms with Gasteiger partial charge in [-0.15, -0.1) is 0 Å². The van der Waals surface area contributed by atoms with Crippen molar-refractivity contribution < 1.29 is 4.79 Å². The first-order valence-corrected chi connectivity index (χ1v) is 2.44. The Morgan fingerprint density at radius 3 is 1.88 bits per heavy atom. The number of hydrogen-bond acceptors (Lipinski definition) is 3. The molecule has 2 saturated heterocycles. The molecule has 0 aromatic carbocycles. The molecule has 0 spiro atoms. The first-order valence-electron chi connectivity index (χ1n) is 2.44. The van der Waals surface area contributed by atoms with Crippen LogP contribution < -0.4 is 10.9 Å². The molecule has 0 radical (unpaired) electrons. The van der Waals surface area contributed by atoms with Crippen LogP contribution in [-0.2, 0) is 0 Å². The summed E-state index contributed by atoms with van der Waals surface area (Å²) in [6, 6.07) is 0.0185. The number of amides is 2. The van der Waals surface area contributed by atoms with Crippen molar-refractivity contribution in [1.82, 2.24) is 20.9 Å². The van der Waals surface area contributed by atoms with Gasteiger partial charge in [0, 0.05) is 0 Å². The molecular weight excluding hydrogens is 108 g/mol. The number of nitrogens with zero attached hydrogens (tertiary/aromatic N) is 2. The summed E-state index contributed by atoms with van der Waals surface area (Å²) in [5.41, 5.74) is 5.52. The highest BCUT2D eigenvalue weighted by Gasteiger charge is 2.34. The summed E-state index contributed by atoms with van der Waals surface area (Å²) in [5.74, 6) is 0. The molecule has 0 aromatic rings. The van der Waals surface area contributed by atoms with Gasteiger partial charge in [-0.1, -0.05) is 0 Å². The van der Waals surface area contributed by atoms with Crippen LogP contribution in [0.1, 0.15) is 0 Å². The van der Waals surface area contributed by atoms with Crippen LogP contribution in [0.15, 0.2) is 0 Å². The van der Waals surface area contributed by atoms with E-state index in [-0.39, 0.29) is 6.03 Å². The van der Waals surface area contributed by atoms with Gasteiger partial charge in [0.15, 0.2) is 0 Å². The maximum Gasteiger partial charge on any atom is 0.351 e. The molecule has 5 nitrogen and oxygen atoms in total. The van der Waals surface area contributed by atoms with Crippen LogP contribution in [0.3, 0.4) is 0 Å². The molecule has 0 saturated carbocycles. The fraction of sp³-hybridized carbons (Fsp3) is 0.667. The van der Waals surface area contributed by atoms with Gasteiger partial charge < -0.3 is 0 Å². The average molecular weight is 114 g/mol. The third-order valence-corrected chi connectivity index (χ3v) is 1.09. The highest BCUT2D eigenvalue weighted by molar-refractivity contribution is 5.76. The van der Waals surface area contributed by atoms with E-state index in [2.05, 4.69) is 10.9 Å². The van der Waals surface area contributed by atoms with E-state index in [1.807, 2.05) is 0 Å². The Bertz CT molecular complexity index is 113. The molecule has 0 aliphatic carbocycles. The zero-order valence-electron chi connectivity index (χ0n) is 4.22. The summed E-state index contributed by atoms with van der Waals surface area (Å²) in [7, 11) is 0. The number of rotatable bonds is 0. The second-order valence-electron chi connectivity index (χ2n) is 1.77. The monoisotopic (exact) mass is 114 g/mol. The van der Waals surface area contributed by atoms with Crippen molar-refractivity contribution in [1.29, 1.82) is 0 Å². The minimum atomic E-state index is 0.0185. The molecule has 2 N–H and O–H groups in total. The predicted molar refractivity (Wildman–Crippen MR) is 25.1 cm³/mol. The Morgan fingerprint density at radius 2 is 1.62 bits per heavy atom. The van der Waals surface area contributed by atoms with E-state index >= 15 is 0 Å². The zero-order chi connectivity index (χ0) is 5.56. The Morgan fingerprint density at radius 1 is 1.25 bits per heavy atom. The van der Waals surface area contributed by atoms with Gasteiger partial charge in [-0.25, -0.2) is 25.7 Å². The lowest BCUT2D eigenvalue weighted by Crippen LogP contribution is -2.21. The number of hydrazine groups is 2. The molecule has 2 amide bonds. The van der Waals surface area contributed by atoms with Crippen molar-refractivity contribution >= 4 is 6.03 Å². The minimum Gasteiger partial charge on any atom is -0.245 e. The molecule has 2 fully saturated rings. The minimum absolute atomic E-state index is 0.0185. The van der Waals surface area contributed by atoms with Crippen LogP contribution in [0.2, 0.25) is 0 Å². The Hall–Kier alpha value is -0.810. The summed E-state index contributed by atoms with van der Waals surface area (Å²) >= 11 is 0. The van der Waals surface area contributed by atoms with Gasteiger partial charge in [0.1, 0.15) is 13.3 Å². The van der Waals surface area contributed by atoms with E-state index in [1.165, 1.54) is 10.0 Å². The summed E-state index contributed by atoms with van der Waals surface area (Å²) in [5, 5.41) is 3.06. The molecule has 2 heterocycles. The zero-order valence-corrected chi connectivity index (χ0v) is 4.22. The lowest BCUT2D eigenvalue weighted by molar-refractivity contribution is 0.211. The molecule has 2 rings (SSSR count). The Kier molecular flexibility index (Phi) is 0.576. The van der Waals surface area contributed by atoms with E-state index in [0.717, 1.165) is 0 Å². The molecule has 8 heavy (non-hydrogen) atoms. The summed E-state index contributed by atoms with van der Waals surface area (Å²) in [4.78, 5) is 10.7. The predicted octanol–water partition coefficient (Wildman–Crippen LogP) is -1.34. The maximum atomic E-state index is 10.7. The second kappa shape index (κ2) is 1.12. The first-order chi connectivity index (χ1) is 3.88. The van der Waals surface area contributed by atoms with Gasteiger partial charge in [0.05, 0.1) is 0 Å². The molecule has 5 heteroatoms. The van der Waals surface area contributed by atoms with Crippen LogP contribution in [0.4, 0.5) is 4.79 Å². The number of carbonyl (C=O) groups excluding carboxylic acids is 1. The van der Waals surface area contributed by atoms with Crippen LogP contribution in [0, 0.1) is 0 Å². The molecule has 0 aromatic heterocycles. The third kappa shape index (κ3) is 0.524. The molecule has 0 atom stereocenters. The van der Waals surface area contributed by atoms with Gasteiger partial charge in [-0.05, 0) is 0 Å². The quantitative estimate of drug-likeness (QED) is 0.383. The topological polar surface area (TPSA) is 67.0 Å². The molecular formula is C3H6N4O. The van der Waals surface area contributed by atoms with Crippen LogP contribution in [0.5, 0.6) is 0 Å². The summed E-state index contributed by atoms with van der Waals surface area (Å²) in [6.07, 6.45) is 0. The van der Waals surface area contributed by atoms with E-state index < -0.39 is 0 Å². The van der Waals surface area contributed by atoms with Crippen molar-refractivity contribution in [3.8, 4) is 0 Å².